The van der Waals surface area contributed by atoms with Crippen LogP contribution in [0.1, 0.15) is 66.7 Å². The van der Waals surface area contributed by atoms with E-state index in [1.54, 1.807) is 18.2 Å². The molecule has 0 radical (unpaired) electrons. The van der Waals surface area contributed by atoms with E-state index in [2.05, 4.69) is 37.7 Å². The summed E-state index contributed by atoms with van der Waals surface area (Å²) in [6.45, 7) is 18.1. The number of anilines is 1. The SMILES string of the molecule is C=C[C@@H]1C[C@]1(NC(=O)[C@@H]1C[C@@H](Oc2cc(-c3coc(NC(C)C)n3)nc3c(Cl)c(OCCN4CCNCC4)ccc23)CN1C(=O)[C@@H](NC(=O)OC1C[C@@H]2C[C@@H]2C1)C(C)(C)C)C(=O)OC. The molecule has 18 heteroatoms. The van der Waals surface area contributed by atoms with E-state index in [0.29, 0.717) is 64.7 Å². The lowest BCUT2D eigenvalue weighted by molar-refractivity contribution is -0.148. The minimum atomic E-state index is -1.31. The fourth-order valence-corrected chi connectivity index (χ4v) is 9.65. The van der Waals surface area contributed by atoms with E-state index in [1.165, 1.54) is 24.7 Å². The summed E-state index contributed by atoms with van der Waals surface area (Å²) in [5.74, 6) is 0.0203. The van der Waals surface area contributed by atoms with E-state index in [9.17, 15) is 19.2 Å². The molecule has 8 rings (SSSR count). The normalized spacial score (nSPS) is 26.8. The number of aromatic nitrogens is 2. The summed E-state index contributed by atoms with van der Waals surface area (Å²) in [7, 11) is 1.26. The summed E-state index contributed by atoms with van der Waals surface area (Å²) in [6, 6.07) is 3.54. The van der Waals surface area contributed by atoms with Crippen LogP contribution < -0.4 is 30.7 Å². The molecule has 2 aliphatic heterocycles. The topological polar surface area (TPSA) is 199 Å². The molecule has 346 valence electrons. The Hall–Kier alpha value is -5.13. The van der Waals surface area contributed by atoms with Crippen LogP contribution in [-0.4, -0.2) is 133 Å². The number of ether oxygens (including phenoxy) is 4. The van der Waals surface area contributed by atoms with Gasteiger partial charge in [-0.3, -0.25) is 14.5 Å². The van der Waals surface area contributed by atoms with Crippen molar-refractivity contribution in [2.75, 3.05) is 58.3 Å². The summed E-state index contributed by atoms with van der Waals surface area (Å²) in [5, 5.41) is 13.1. The lowest BCUT2D eigenvalue weighted by atomic mass is 9.85. The fourth-order valence-electron chi connectivity index (χ4n) is 9.39. The van der Waals surface area contributed by atoms with Crippen LogP contribution >= 0.6 is 11.6 Å². The summed E-state index contributed by atoms with van der Waals surface area (Å²) < 4.78 is 29.7. The molecule has 4 heterocycles. The first-order valence-corrected chi connectivity index (χ1v) is 22.8. The molecule has 64 heavy (non-hydrogen) atoms. The van der Waals surface area contributed by atoms with Gasteiger partial charge in [-0.15, -0.1) is 6.58 Å². The standard InChI is InChI=1S/C46H61ClN8O9/c1-8-28-22-46(28,42(58)60-7)53-40(56)34-20-30(23-55(34)41(57)39(45(4,5)6)52-44(59)64-29-18-26-17-27(26)19-29)63-36-21-32(33-24-62-43(51-33)49-25(2)3)50-38-31(36)9-10-35(37(38)47)61-16-15-54-13-11-48-12-14-54/h8-10,21,24-30,34,39,48H,1,11-20,22-23H2,2-7H3,(H,49,51)(H,52,59)(H,53,56)/t26-,27+,28-,29?,30-,34+,39-,46-/m1/s1. The number of carbonyl (C=O) groups is 4. The Labute approximate surface area is 378 Å². The van der Waals surface area contributed by atoms with Crippen molar-refractivity contribution in [1.82, 2.24) is 35.7 Å². The minimum absolute atomic E-state index is 0.0329. The first-order valence-electron chi connectivity index (χ1n) is 22.5. The molecule has 4 N–H and O–H groups in total. The van der Waals surface area contributed by atoms with E-state index < -0.39 is 53.0 Å². The summed E-state index contributed by atoms with van der Waals surface area (Å²) >= 11 is 7.11. The second-order valence-electron chi connectivity index (χ2n) is 19.2. The molecule has 1 aromatic carbocycles. The van der Waals surface area contributed by atoms with Crippen molar-refractivity contribution in [2.45, 2.75) is 103 Å². The van der Waals surface area contributed by atoms with Crippen molar-refractivity contribution in [3.8, 4) is 22.9 Å². The summed E-state index contributed by atoms with van der Waals surface area (Å²) in [4.78, 5) is 69.1. The van der Waals surface area contributed by atoms with Crippen molar-refractivity contribution < 1.29 is 42.5 Å². The van der Waals surface area contributed by atoms with Gasteiger partial charge in [0.2, 0.25) is 11.8 Å². The van der Waals surface area contributed by atoms with Gasteiger partial charge in [-0.05, 0) is 68.9 Å². The molecular weight excluding hydrogens is 844 g/mol. The number of hydrogen-bond donors (Lipinski definition) is 4. The number of amides is 3. The largest absolute Gasteiger partial charge is 0.491 e. The number of hydrogen-bond acceptors (Lipinski definition) is 14. The number of rotatable bonds is 16. The van der Waals surface area contributed by atoms with Crippen LogP contribution in [0, 0.1) is 23.2 Å². The Balaban J connectivity index is 1.10. The van der Waals surface area contributed by atoms with Crippen LogP contribution in [0.3, 0.4) is 0 Å². The maximum atomic E-state index is 14.9. The Kier molecular flexibility index (Phi) is 13.1. The molecule has 8 atom stereocenters. The molecule has 5 aliphatic rings. The maximum absolute atomic E-state index is 14.9. The third-order valence-corrected chi connectivity index (χ3v) is 13.5. The number of carbonyl (C=O) groups excluding carboxylic acids is 4. The summed E-state index contributed by atoms with van der Waals surface area (Å²) in [6.07, 6.45) is 4.65. The van der Waals surface area contributed by atoms with Gasteiger partial charge in [0.1, 0.15) is 64.9 Å². The number of esters is 1. The zero-order valence-corrected chi connectivity index (χ0v) is 38.3. The number of fused-ring (bicyclic) bond motifs is 2. The Bertz CT molecular complexity index is 2250. The van der Waals surface area contributed by atoms with Gasteiger partial charge in [0.05, 0.1) is 24.9 Å². The Morgan fingerprint density at radius 1 is 1.05 bits per heavy atom. The molecule has 3 amide bonds. The predicted octanol–water partition coefficient (Wildman–Crippen LogP) is 5.17. The molecule has 5 fully saturated rings. The van der Waals surface area contributed by atoms with Gasteiger partial charge in [-0.2, -0.15) is 4.98 Å². The number of piperazine rings is 1. The molecule has 3 aliphatic carbocycles. The van der Waals surface area contributed by atoms with Crippen molar-refractivity contribution in [2.24, 2.45) is 23.2 Å². The second kappa shape index (κ2) is 18.4. The van der Waals surface area contributed by atoms with Crippen LogP contribution in [0.25, 0.3) is 22.3 Å². The van der Waals surface area contributed by atoms with Crippen molar-refractivity contribution >= 4 is 52.4 Å². The van der Waals surface area contributed by atoms with E-state index in [1.807, 2.05) is 40.7 Å². The van der Waals surface area contributed by atoms with Crippen LogP contribution in [0.2, 0.25) is 5.02 Å². The van der Waals surface area contributed by atoms with Crippen LogP contribution in [0.15, 0.2) is 41.5 Å². The number of nitrogens with one attached hydrogen (secondary N) is 4. The Morgan fingerprint density at radius 2 is 1.80 bits per heavy atom. The van der Waals surface area contributed by atoms with Crippen molar-refractivity contribution in [3.05, 3.63) is 42.1 Å². The average Bonchev–Trinajstić information content (AvgIpc) is 3.92. The minimum Gasteiger partial charge on any atom is -0.491 e. The van der Waals surface area contributed by atoms with Gasteiger partial charge < -0.3 is 49.5 Å². The third kappa shape index (κ3) is 9.76. The van der Waals surface area contributed by atoms with Gasteiger partial charge in [0.15, 0.2) is 0 Å². The van der Waals surface area contributed by atoms with E-state index in [0.717, 1.165) is 45.6 Å². The number of oxazole rings is 1. The Morgan fingerprint density at radius 3 is 2.47 bits per heavy atom. The second-order valence-corrected chi connectivity index (χ2v) is 19.6. The van der Waals surface area contributed by atoms with Crippen LogP contribution in [-0.2, 0) is 23.9 Å². The number of benzene rings is 1. The lowest BCUT2D eigenvalue weighted by Crippen LogP contribution is -2.59. The van der Waals surface area contributed by atoms with Gasteiger partial charge in [0.25, 0.3) is 6.01 Å². The number of halogens is 1. The van der Waals surface area contributed by atoms with Crippen molar-refractivity contribution in [3.63, 3.8) is 0 Å². The molecule has 3 saturated carbocycles. The van der Waals surface area contributed by atoms with Crippen LogP contribution in [0.5, 0.6) is 11.5 Å². The smallest absolute Gasteiger partial charge is 0.408 e. The highest BCUT2D eigenvalue weighted by Crippen LogP contribution is 2.52. The maximum Gasteiger partial charge on any atom is 0.408 e. The average molecular weight is 905 g/mol. The lowest BCUT2D eigenvalue weighted by Gasteiger charge is -2.35. The third-order valence-electron chi connectivity index (χ3n) is 13.1. The first-order chi connectivity index (χ1) is 30.6. The van der Waals surface area contributed by atoms with Crippen molar-refractivity contribution in [1.29, 1.82) is 0 Å². The van der Waals surface area contributed by atoms with Gasteiger partial charge in [-0.1, -0.05) is 38.4 Å². The molecule has 17 nitrogen and oxygen atoms in total. The summed E-state index contributed by atoms with van der Waals surface area (Å²) in [5.41, 5.74) is -0.874. The highest BCUT2D eigenvalue weighted by Gasteiger charge is 2.62. The molecule has 1 unspecified atom stereocenters. The van der Waals surface area contributed by atoms with Crippen LogP contribution in [0.4, 0.5) is 10.8 Å². The number of likely N-dealkylation sites (tertiary alicyclic amines) is 1. The highest BCUT2D eigenvalue weighted by molar-refractivity contribution is 6.36. The van der Waals surface area contributed by atoms with E-state index >= 15 is 0 Å². The molecule has 2 saturated heterocycles. The number of pyridine rings is 1. The van der Waals surface area contributed by atoms with Gasteiger partial charge >= 0.3 is 12.1 Å². The van der Waals surface area contributed by atoms with Gasteiger partial charge in [-0.25, -0.2) is 14.6 Å². The molecule has 0 bridgehead atoms. The highest BCUT2D eigenvalue weighted by atomic mass is 35.5. The fraction of sp³-hybridized carbons (Fsp3) is 0.609. The quantitative estimate of drug-likeness (QED) is 0.109. The zero-order chi connectivity index (χ0) is 45.5. The van der Waals surface area contributed by atoms with E-state index in [4.69, 9.17) is 39.9 Å². The predicted molar refractivity (Wildman–Crippen MR) is 239 cm³/mol. The first kappa shape index (κ1) is 45.4. The molecular formula is C46H61ClN8O9. The molecule has 2 aromatic heterocycles. The number of methoxy groups -OCH3 is 1. The molecule has 3 aromatic rings. The van der Waals surface area contributed by atoms with E-state index in [-0.39, 0.29) is 36.1 Å². The number of nitrogens with zero attached hydrogens (tertiary/aromatic N) is 4. The van der Waals surface area contributed by atoms with Gasteiger partial charge in [0, 0.05) is 62.6 Å². The monoisotopic (exact) mass is 904 g/mol. The number of alkyl carbamates (subject to hydrolysis) is 1. The zero-order valence-electron chi connectivity index (χ0n) is 37.5. The molecule has 0 spiro atoms.